The molecular weight excluding hydrogens is 744 g/mol. The number of anilines is 4. The summed E-state index contributed by atoms with van der Waals surface area (Å²) in [6.45, 7) is 7.41. The number of amides is 4. The predicted molar refractivity (Wildman–Crippen MR) is 200 cm³/mol. The van der Waals surface area contributed by atoms with Crippen LogP contribution in [0.5, 0.6) is 5.75 Å². The molecule has 2 aromatic carbocycles. The third-order valence-corrected chi connectivity index (χ3v) is 10.2. The maximum atomic E-state index is 14.7. The Hall–Kier alpha value is -5.26. The highest BCUT2D eigenvalue weighted by molar-refractivity contribution is 7.17. The van der Waals surface area contributed by atoms with Crippen LogP contribution < -0.4 is 30.9 Å². The lowest BCUT2D eigenvalue weighted by Crippen LogP contribution is -2.47. The Morgan fingerprint density at radius 2 is 1.83 bits per heavy atom. The largest absolute Gasteiger partial charge is 0.484 e. The van der Waals surface area contributed by atoms with Gasteiger partial charge in [-0.2, -0.15) is 0 Å². The molecule has 2 aliphatic heterocycles. The van der Waals surface area contributed by atoms with Gasteiger partial charge in [-0.05, 0) is 44.9 Å². The summed E-state index contributed by atoms with van der Waals surface area (Å²) >= 11 is 7.46. The van der Waals surface area contributed by atoms with E-state index in [2.05, 4.69) is 46.0 Å². The SMILES string of the molecule is Cc1nc(Nc2ncc(C(=O)Nc3c(C)cccc3Cl)s2)cc(N2CCN(CCCNC(=O)COc3cc(F)c(C4CCC(=O)NC4=O)c(F)c3)CC2)n1. The number of hydrogen-bond donors (Lipinski definition) is 4. The molecule has 1 unspecified atom stereocenters. The number of para-hydroxylation sites is 1. The van der Waals surface area contributed by atoms with Crippen LogP contribution in [0.3, 0.4) is 0 Å². The van der Waals surface area contributed by atoms with Gasteiger partial charge in [-0.3, -0.25) is 29.4 Å². The fourth-order valence-electron chi connectivity index (χ4n) is 6.17. The number of aryl methyl sites for hydroxylation is 2. The Morgan fingerprint density at radius 3 is 2.56 bits per heavy atom. The van der Waals surface area contributed by atoms with Crippen LogP contribution in [0, 0.1) is 25.5 Å². The van der Waals surface area contributed by atoms with Crippen molar-refractivity contribution in [1.82, 2.24) is 30.5 Å². The summed E-state index contributed by atoms with van der Waals surface area (Å²) in [5.74, 6) is -3.34. The zero-order chi connectivity index (χ0) is 38.4. The van der Waals surface area contributed by atoms with E-state index in [0.29, 0.717) is 45.3 Å². The maximum absolute atomic E-state index is 14.7. The van der Waals surface area contributed by atoms with Gasteiger partial charge in [0, 0.05) is 62.9 Å². The van der Waals surface area contributed by atoms with E-state index in [9.17, 15) is 28.0 Å². The van der Waals surface area contributed by atoms with Crippen molar-refractivity contribution in [1.29, 1.82) is 0 Å². The molecule has 4 amide bonds. The molecule has 54 heavy (non-hydrogen) atoms. The zero-order valence-corrected chi connectivity index (χ0v) is 31.1. The first-order chi connectivity index (χ1) is 25.9. The average Bonchev–Trinajstić information content (AvgIpc) is 3.60. The van der Waals surface area contributed by atoms with E-state index in [1.54, 1.807) is 6.07 Å². The number of nitrogens with zero attached hydrogens (tertiary/aromatic N) is 5. The highest BCUT2D eigenvalue weighted by Crippen LogP contribution is 2.32. The van der Waals surface area contributed by atoms with Crippen LogP contribution in [0.25, 0.3) is 0 Å². The van der Waals surface area contributed by atoms with Gasteiger partial charge in [-0.15, -0.1) is 0 Å². The minimum atomic E-state index is -1.12. The number of piperidine rings is 1. The smallest absolute Gasteiger partial charge is 0.267 e. The fourth-order valence-corrected chi connectivity index (χ4v) is 7.15. The number of ether oxygens (including phenoxy) is 1. The Balaban J connectivity index is 0.913. The highest BCUT2D eigenvalue weighted by Gasteiger charge is 2.33. The first-order valence-electron chi connectivity index (χ1n) is 17.3. The average molecular weight is 782 g/mol. The van der Waals surface area contributed by atoms with Gasteiger partial charge in [0.25, 0.3) is 11.8 Å². The molecule has 2 fully saturated rings. The van der Waals surface area contributed by atoms with E-state index in [0.717, 1.165) is 56.2 Å². The molecule has 18 heteroatoms. The molecule has 4 N–H and O–H groups in total. The molecule has 284 valence electrons. The Bertz CT molecular complexity index is 2020. The maximum Gasteiger partial charge on any atom is 0.267 e. The van der Waals surface area contributed by atoms with Gasteiger partial charge >= 0.3 is 0 Å². The Kier molecular flexibility index (Phi) is 12.3. The van der Waals surface area contributed by atoms with Crippen LogP contribution in [0.4, 0.5) is 31.2 Å². The van der Waals surface area contributed by atoms with Gasteiger partial charge in [0.2, 0.25) is 11.8 Å². The molecule has 2 saturated heterocycles. The standard InChI is InChI=1S/C36H38ClF2N9O5S/c1-20-5-3-6-24(37)33(20)46-35(52)27-18-41-36(54-27)44-28-17-29(43-21(2)42-28)48-13-11-47(12-14-48)10-4-9-40-31(50)19-53-22-15-25(38)32(26(39)16-22)23-7-8-30(49)45-34(23)51/h3,5-6,15-18,23H,4,7-14,19H2,1-2H3,(H,40,50)(H,46,52)(H,45,49,51)(H,41,42,43,44). The van der Waals surface area contributed by atoms with E-state index < -0.39 is 47.4 Å². The van der Waals surface area contributed by atoms with Crippen LogP contribution in [0.1, 0.15) is 51.8 Å². The lowest BCUT2D eigenvalue weighted by Gasteiger charge is -2.35. The summed E-state index contributed by atoms with van der Waals surface area (Å²) in [6.07, 6.45) is 2.17. The van der Waals surface area contributed by atoms with E-state index in [-0.39, 0.29) is 24.5 Å². The van der Waals surface area contributed by atoms with Crippen molar-refractivity contribution in [2.45, 2.75) is 39.0 Å². The summed E-state index contributed by atoms with van der Waals surface area (Å²) < 4.78 is 34.8. The second kappa shape index (κ2) is 17.3. The normalized spacial score (nSPS) is 16.2. The summed E-state index contributed by atoms with van der Waals surface area (Å²) in [6, 6.07) is 9.12. The second-order valence-corrected chi connectivity index (χ2v) is 14.3. The molecule has 0 aliphatic carbocycles. The first-order valence-corrected chi connectivity index (χ1v) is 18.5. The van der Waals surface area contributed by atoms with Gasteiger partial charge in [0.05, 0.1) is 22.8 Å². The highest BCUT2D eigenvalue weighted by atomic mass is 35.5. The van der Waals surface area contributed by atoms with Gasteiger partial charge in [-0.25, -0.2) is 23.7 Å². The number of hydrogen-bond acceptors (Lipinski definition) is 12. The predicted octanol–water partition coefficient (Wildman–Crippen LogP) is 4.70. The van der Waals surface area contributed by atoms with Gasteiger partial charge < -0.3 is 25.6 Å². The van der Waals surface area contributed by atoms with Gasteiger partial charge in [0.15, 0.2) is 11.7 Å². The number of piperazine rings is 1. The number of aromatic nitrogens is 3. The fraction of sp³-hybridized carbons (Fsp3) is 0.361. The summed E-state index contributed by atoms with van der Waals surface area (Å²) in [7, 11) is 0. The molecule has 0 radical (unpaired) electrons. The lowest BCUT2D eigenvalue weighted by atomic mass is 9.89. The third-order valence-electron chi connectivity index (χ3n) is 8.93. The minimum Gasteiger partial charge on any atom is -0.484 e. The van der Waals surface area contributed by atoms with E-state index in [1.165, 1.54) is 17.5 Å². The van der Waals surface area contributed by atoms with Crippen LogP contribution >= 0.6 is 22.9 Å². The lowest BCUT2D eigenvalue weighted by molar-refractivity contribution is -0.134. The van der Waals surface area contributed by atoms with Crippen molar-refractivity contribution >= 4 is 69.0 Å². The molecule has 6 rings (SSSR count). The molecule has 0 spiro atoms. The van der Waals surface area contributed by atoms with Crippen LogP contribution in [-0.4, -0.2) is 89.4 Å². The molecular formula is C36H38ClF2N9O5S. The zero-order valence-electron chi connectivity index (χ0n) is 29.5. The molecule has 1 atom stereocenters. The number of carbonyl (C=O) groups is 4. The number of nitrogens with one attached hydrogen (secondary N) is 4. The first kappa shape index (κ1) is 38.5. The van der Waals surface area contributed by atoms with Crippen LogP contribution in [-0.2, 0) is 14.4 Å². The molecule has 2 aliphatic rings. The van der Waals surface area contributed by atoms with Gasteiger partial charge in [0.1, 0.15) is 39.7 Å². The topological polar surface area (TPSA) is 171 Å². The van der Waals surface area contributed by atoms with Crippen molar-refractivity contribution < 1.29 is 32.7 Å². The van der Waals surface area contributed by atoms with Gasteiger partial charge in [-0.1, -0.05) is 35.1 Å². The van der Waals surface area contributed by atoms with E-state index >= 15 is 0 Å². The van der Waals surface area contributed by atoms with E-state index in [1.807, 2.05) is 32.0 Å². The summed E-state index contributed by atoms with van der Waals surface area (Å²) in [4.78, 5) is 67.0. The summed E-state index contributed by atoms with van der Waals surface area (Å²) in [5.41, 5.74) is 0.985. The van der Waals surface area contributed by atoms with Crippen LogP contribution in [0.2, 0.25) is 5.02 Å². The van der Waals surface area contributed by atoms with Crippen molar-refractivity contribution in [3.05, 3.63) is 81.1 Å². The Morgan fingerprint density at radius 1 is 1.07 bits per heavy atom. The molecule has 0 bridgehead atoms. The number of thiazole rings is 1. The van der Waals surface area contributed by atoms with Crippen molar-refractivity contribution in [2.75, 3.05) is 61.4 Å². The number of halogens is 3. The molecule has 2 aromatic heterocycles. The van der Waals surface area contributed by atoms with E-state index in [4.69, 9.17) is 16.3 Å². The molecule has 0 saturated carbocycles. The number of rotatable bonds is 13. The Labute approximate surface area is 318 Å². The quantitative estimate of drug-likeness (QED) is 0.110. The summed E-state index contributed by atoms with van der Waals surface area (Å²) in [5, 5.41) is 11.9. The number of imide groups is 1. The third kappa shape index (κ3) is 9.64. The number of benzene rings is 2. The number of carbonyl (C=O) groups excluding carboxylic acids is 4. The molecule has 4 aromatic rings. The molecule has 14 nitrogen and oxygen atoms in total. The van der Waals surface area contributed by atoms with Crippen LogP contribution in [0.15, 0.2) is 42.6 Å². The van der Waals surface area contributed by atoms with Crippen molar-refractivity contribution in [3.8, 4) is 5.75 Å². The minimum absolute atomic E-state index is 0.00386. The monoisotopic (exact) mass is 781 g/mol. The van der Waals surface area contributed by atoms with Crippen molar-refractivity contribution in [2.24, 2.45) is 0 Å². The second-order valence-electron chi connectivity index (χ2n) is 12.8. The van der Waals surface area contributed by atoms with Crippen molar-refractivity contribution in [3.63, 3.8) is 0 Å². The molecule has 4 heterocycles.